The molecular weight excluding hydrogens is 464 g/mol. The van der Waals surface area contributed by atoms with Gasteiger partial charge in [0.1, 0.15) is 17.5 Å². The van der Waals surface area contributed by atoms with Gasteiger partial charge in [0, 0.05) is 25.4 Å². The van der Waals surface area contributed by atoms with Crippen LogP contribution in [0.1, 0.15) is 44.2 Å². The molecule has 0 aliphatic rings. The number of carbonyl (C=O) groups excluding carboxylic acids is 2. The van der Waals surface area contributed by atoms with Crippen molar-refractivity contribution in [1.82, 2.24) is 10.2 Å². The molecule has 6 nitrogen and oxygen atoms in total. The van der Waals surface area contributed by atoms with Crippen LogP contribution in [0.4, 0.5) is 0 Å². The molecule has 0 fully saturated rings. The van der Waals surface area contributed by atoms with E-state index in [1.165, 1.54) is 0 Å². The first kappa shape index (κ1) is 27.8. The molecule has 0 aliphatic heterocycles. The lowest BCUT2D eigenvalue weighted by Crippen LogP contribution is -2.52. The summed E-state index contributed by atoms with van der Waals surface area (Å²) in [6.07, 6.45) is 2.09. The van der Waals surface area contributed by atoms with E-state index in [9.17, 15) is 9.59 Å². The highest BCUT2D eigenvalue weighted by atomic mass is 16.5. The molecule has 0 heterocycles. The first-order valence-electron chi connectivity index (χ1n) is 12.9. The minimum Gasteiger partial charge on any atom is -0.497 e. The molecular formula is C31H38N2O4. The van der Waals surface area contributed by atoms with Crippen LogP contribution in [-0.2, 0) is 22.6 Å². The zero-order valence-corrected chi connectivity index (χ0v) is 22.1. The Morgan fingerprint density at radius 2 is 1.46 bits per heavy atom. The zero-order chi connectivity index (χ0) is 26.5. The molecule has 0 bridgehead atoms. The number of nitrogens with one attached hydrogen (secondary N) is 1. The van der Waals surface area contributed by atoms with Gasteiger partial charge in [0.25, 0.3) is 0 Å². The molecule has 0 aromatic heterocycles. The summed E-state index contributed by atoms with van der Waals surface area (Å²) in [6, 6.07) is 26.5. The van der Waals surface area contributed by atoms with Gasteiger partial charge in [-0.1, -0.05) is 67.6 Å². The summed E-state index contributed by atoms with van der Waals surface area (Å²) in [4.78, 5) is 28.8. The van der Waals surface area contributed by atoms with E-state index in [1.807, 2.05) is 98.8 Å². The number of hydrogen-bond donors (Lipinski definition) is 1. The Balaban J connectivity index is 1.75. The average molecular weight is 503 g/mol. The highest BCUT2D eigenvalue weighted by Gasteiger charge is 2.30. The van der Waals surface area contributed by atoms with Crippen LogP contribution in [0.5, 0.6) is 11.5 Å². The molecule has 2 amide bonds. The minimum atomic E-state index is -0.619. The monoisotopic (exact) mass is 502 g/mol. The normalized spacial score (nSPS) is 12.3. The van der Waals surface area contributed by atoms with Crippen LogP contribution in [-0.4, -0.2) is 42.5 Å². The van der Waals surface area contributed by atoms with E-state index in [-0.39, 0.29) is 24.3 Å². The molecule has 6 heteroatoms. The summed E-state index contributed by atoms with van der Waals surface area (Å²) in [6.45, 7) is 4.79. The van der Waals surface area contributed by atoms with E-state index in [2.05, 4.69) is 5.32 Å². The van der Waals surface area contributed by atoms with Crippen molar-refractivity contribution < 1.29 is 19.1 Å². The molecule has 0 saturated heterocycles. The van der Waals surface area contributed by atoms with Gasteiger partial charge in [0.2, 0.25) is 11.8 Å². The Labute approximate surface area is 220 Å². The first-order valence-corrected chi connectivity index (χ1v) is 12.9. The third-order valence-corrected chi connectivity index (χ3v) is 6.33. The predicted octanol–water partition coefficient (Wildman–Crippen LogP) is 5.41. The Bertz CT molecular complexity index is 1090. The summed E-state index contributed by atoms with van der Waals surface area (Å²) in [5, 5.41) is 3.10. The van der Waals surface area contributed by atoms with Gasteiger partial charge in [-0.05, 0) is 55.2 Å². The molecule has 0 saturated carbocycles. The summed E-state index contributed by atoms with van der Waals surface area (Å²) >= 11 is 0. The fraction of sp³-hybridized carbons (Fsp3) is 0.355. The average Bonchev–Trinajstić information content (AvgIpc) is 2.94. The summed E-state index contributed by atoms with van der Waals surface area (Å²) in [7, 11) is 1.62. The minimum absolute atomic E-state index is 0.0253. The quantitative estimate of drug-likeness (QED) is 0.299. The Morgan fingerprint density at radius 1 is 0.865 bits per heavy atom. The van der Waals surface area contributed by atoms with Crippen molar-refractivity contribution in [3.63, 3.8) is 0 Å². The van der Waals surface area contributed by atoms with Crippen LogP contribution in [0.3, 0.4) is 0 Å². The van der Waals surface area contributed by atoms with Gasteiger partial charge >= 0.3 is 0 Å². The Kier molecular flexibility index (Phi) is 11.0. The van der Waals surface area contributed by atoms with Crippen LogP contribution >= 0.6 is 0 Å². The lowest BCUT2D eigenvalue weighted by atomic mass is 10.0. The third kappa shape index (κ3) is 8.98. The summed E-state index contributed by atoms with van der Waals surface area (Å²) in [5.41, 5.74) is 2.00. The number of benzene rings is 3. The second-order valence-electron chi connectivity index (χ2n) is 9.16. The number of amides is 2. The number of carbonyl (C=O) groups is 2. The standard InChI is InChI=1S/C31H38N2O4/c1-4-24(2)32-31(35)29(22-25-12-7-5-8-13-25)33(23-26-14-9-6-10-15-26)30(34)16-11-21-37-28-19-17-27(36-3)18-20-28/h5-10,12-15,17-20,24,29H,4,11,16,21-23H2,1-3H3,(H,32,35)/t24-,29-/m0/s1. The van der Waals surface area contributed by atoms with Crippen LogP contribution < -0.4 is 14.8 Å². The largest absolute Gasteiger partial charge is 0.497 e. The van der Waals surface area contributed by atoms with Crippen molar-refractivity contribution in [3.05, 3.63) is 96.1 Å². The lowest BCUT2D eigenvalue weighted by Gasteiger charge is -2.32. The smallest absolute Gasteiger partial charge is 0.243 e. The van der Waals surface area contributed by atoms with Crippen LogP contribution in [0.15, 0.2) is 84.9 Å². The van der Waals surface area contributed by atoms with Gasteiger partial charge in [-0.25, -0.2) is 0 Å². The maximum Gasteiger partial charge on any atom is 0.243 e. The van der Waals surface area contributed by atoms with Crippen molar-refractivity contribution in [2.45, 2.75) is 58.2 Å². The summed E-state index contributed by atoms with van der Waals surface area (Å²) < 4.78 is 11.0. The Hall–Kier alpha value is -3.80. The van der Waals surface area contributed by atoms with Crippen LogP contribution in [0, 0.1) is 0 Å². The fourth-order valence-corrected chi connectivity index (χ4v) is 4.00. The number of ether oxygens (including phenoxy) is 2. The SMILES string of the molecule is CC[C@H](C)NC(=O)[C@H](Cc1ccccc1)N(Cc1ccccc1)C(=O)CCCOc1ccc(OC)cc1. The molecule has 0 spiro atoms. The van der Waals surface area contributed by atoms with Crippen LogP contribution in [0.2, 0.25) is 0 Å². The lowest BCUT2D eigenvalue weighted by molar-refractivity contribution is -0.141. The molecule has 37 heavy (non-hydrogen) atoms. The molecule has 3 rings (SSSR count). The van der Waals surface area contributed by atoms with Gasteiger partial charge in [-0.2, -0.15) is 0 Å². The maximum absolute atomic E-state index is 13.6. The third-order valence-electron chi connectivity index (χ3n) is 6.33. The van der Waals surface area contributed by atoms with Crippen molar-refractivity contribution in [2.75, 3.05) is 13.7 Å². The molecule has 3 aromatic carbocycles. The second-order valence-corrected chi connectivity index (χ2v) is 9.16. The zero-order valence-electron chi connectivity index (χ0n) is 22.1. The predicted molar refractivity (Wildman–Crippen MR) is 147 cm³/mol. The molecule has 3 aromatic rings. The molecule has 196 valence electrons. The number of rotatable bonds is 14. The van der Waals surface area contributed by atoms with Crippen molar-refractivity contribution in [1.29, 1.82) is 0 Å². The van der Waals surface area contributed by atoms with Crippen molar-refractivity contribution in [2.24, 2.45) is 0 Å². The molecule has 0 radical (unpaired) electrons. The van der Waals surface area contributed by atoms with E-state index in [1.54, 1.807) is 12.0 Å². The van der Waals surface area contributed by atoms with Crippen LogP contribution in [0.25, 0.3) is 0 Å². The summed E-state index contributed by atoms with van der Waals surface area (Å²) in [5.74, 6) is 1.29. The fourth-order valence-electron chi connectivity index (χ4n) is 4.00. The van der Waals surface area contributed by atoms with Gasteiger partial charge < -0.3 is 19.7 Å². The van der Waals surface area contributed by atoms with Crippen molar-refractivity contribution >= 4 is 11.8 Å². The number of methoxy groups -OCH3 is 1. The molecule has 0 unspecified atom stereocenters. The van der Waals surface area contributed by atoms with E-state index >= 15 is 0 Å². The molecule has 0 aliphatic carbocycles. The van der Waals surface area contributed by atoms with Gasteiger partial charge in [0.15, 0.2) is 0 Å². The van der Waals surface area contributed by atoms with Gasteiger partial charge in [-0.3, -0.25) is 9.59 Å². The van der Waals surface area contributed by atoms with Gasteiger partial charge in [-0.15, -0.1) is 0 Å². The van der Waals surface area contributed by atoms with Crippen molar-refractivity contribution in [3.8, 4) is 11.5 Å². The second kappa shape index (κ2) is 14.7. The highest BCUT2D eigenvalue weighted by Crippen LogP contribution is 2.19. The first-order chi connectivity index (χ1) is 18.0. The van der Waals surface area contributed by atoms with Gasteiger partial charge in [0.05, 0.1) is 13.7 Å². The van der Waals surface area contributed by atoms with E-state index in [0.717, 1.165) is 29.0 Å². The van der Waals surface area contributed by atoms with E-state index < -0.39 is 6.04 Å². The maximum atomic E-state index is 13.6. The van der Waals surface area contributed by atoms with E-state index in [4.69, 9.17) is 9.47 Å². The highest BCUT2D eigenvalue weighted by molar-refractivity contribution is 5.88. The van der Waals surface area contributed by atoms with E-state index in [0.29, 0.717) is 26.0 Å². The molecule has 1 N–H and O–H groups in total. The number of nitrogens with zero attached hydrogens (tertiary/aromatic N) is 1. The number of hydrogen-bond acceptors (Lipinski definition) is 4. The Morgan fingerprint density at radius 3 is 2.05 bits per heavy atom. The molecule has 2 atom stereocenters. The topological polar surface area (TPSA) is 67.9 Å².